The van der Waals surface area contributed by atoms with Crippen molar-refractivity contribution in [2.45, 2.75) is 64.7 Å². The van der Waals surface area contributed by atoms with E-state index in [-0.39, 0.29) is 0 Å². The van der Waals surface area contributed by atoms with Crippen LogP contribution >= 0.6 is 0 Å². The minimum absolute atomic E-state index is 0.422. The molecule has 2 nitrogen and oxygen atoms in total. The molecule has 1 heterocycles. The Morgan fingerprint density at radius 1 is 1.00 bits per heavy atom. The number of nitrogens with zero attached hydrogens (tertiary/aromatic N) is 1. The zero-order valence-corrected chi connectivity index (χ0v) is 10.4. The molecule has 1 saturated heterocycles. The molecular formula is C13H25NO. The number of morpholine rings is 1. The summed E-state index contributed by atoms with van der Waals surface area (Å²) in [7, 11) is 0. The van der Waals surface area contributed by atoms with Crippen molar-refractivity contribution >= 4 is 0 Å². The van der Waals surface area contributed by atoms with Crippen LogP contribution in [0, 0.1) is 5.92 Å². The van der Waals surface area contributed by atoms with Crippen molar-refractivity contribution in [3.8, 4) is 0 Å². The van der Waals surface area contributed by atoms with E-state index in [2.05, 4.69) is 25.7 Å². The second-order valence-corrected chi connectivity index (χ2v) is 5.64. The highest BCUT2D eigenvalue weighted by atomic mass is 16.5. The molecule has 1 aliphatic carbocycles. The molecule has 0 amide bonds. The van der Waals surface area contributed by atoms with Crippen LogP contribution in [0.1, 0.15) is 46.5 Å². The first kappa shape index (κ1) is 11.4. The molecule has 0 spiro atoms. The van der Waals surface area contributed by atoms with Crippen molar-refractivity contribution in [3.63, 3.8) is 0 Å². The molecule has 4 atom stereocenters. The molecule has 15 heavy (non-hydrogen) atoms. The molecule has 0 aromatic rings. The van der Waals surface area contributed by atoms with E-state index in [0.29, 0.717) is 12.2 Å². The van der Waals surface area contributed by atoms with E-state index in [1.807, 2.05) is 0 Å². The van der Waals surface area contributed by atoms with Gasteiger partial charge in [0, 0.05) is 19.1 Å². The number of rotatable bonds is 1. The zero-order chi connectivity index (χ0) is 10.8. The van der Waals surface area contributed by atoms with E-state index < -0.39 is 0 Å². The van der Waals surface area contributed by atoms with Crippen molar-refractivity contribution in [2.24, 2.45) is 5.92 Å². The standard InChI is InChI=1S/C13H25NO/c1-10-5-4-6-13(7-10)14-8-11(2)15-12(3)9-14/h10-13H,4-9H2,1-3H3/t10-,11-,12-,13+/m1/s1. The van der Waals surface area contributed by atoms with Gasteiger partial charge in [0.2, 0.25) is 0 Å². The Morgan fingerprint density at radius 2 is 1.67 bits per heavy atom. The third-order valence-electron chi connectivity index (χ3n) is 3.87. The summed E-state index contributed by atoms with van der Waals surface area (Å²) in [6.45, 7) is 9.09. The first-order valence-electron chi connectivity index (χ1n) is 6.54. The van der Waals surface area contributed by atoms with Gasteiger partial charge in [-0.15, -0.1) is 0 Å². The molecule has 0 bridgehead atoms. The second-order valence-electron chi connectivity index (χ2n) is 5.64. The highest BCUT2D eigenvalue weighted by molar-refractivity contribution is 4.83. The monoisotopic (exact) mass is 211 g/mol. The third-order valence-corrected chi connectivity index (χ3v) is 3.87. The smallest absolute Gasteiger partial charge is 0.0678 e. The number of ether oxygens (including phenoxy) is 1. The van der Waals surface area contributed by atoms with Crippen LogP contribution in [0.3, 0.4) is 0 Å². The van der Waals surface area contributed by atoms with Crippen molar-refractivity contribution in [1.82, 2.24) is 4.90 Å². The molecule has 2 fully saturated rings. The first-order valence-corrected chi connectivity index (χ1v) is 6.54. The molecule has 1 aliphatic heterocycles. The van der Waals surface area contributed by atoms with E-state index in [9.17, 15) is 0 Å². The summed E-state index contributed by atoms with van der Waals surface area (Å²) in [6.07, 6.45) is 6.51. The van der Waals surface area contributed by atoms with E-state index in [4.69, 9.17) is 4.74 Å². The van der Waals surface area contributed by atoms with Crippen LogP contribution in [0.25, 0.3) is 0 Å². The van der Waals surface area contributed by atoms with Gasteiger partial charge in [-0.25, -0.2) is 0 Å². The fourth-order valence-corrected chi connectivity index (χ4v) is 3.25. The van der Waals surface area contributed by atoms with Crippen LogP contribution in [0.15, 0.2) is 0 Å². The summed E-state index contributed by atoms with van der Waals surface area (Å²) in [5.74, 6) is 0.928. The molecule has 0 unspecified atom stereocenters. The van der Waals surface area contributed by atoms with Crippen molar-refractivity contribution < 1.29 is 4.74 Å². The van der Waals surface area contributed by atoms with Gasteiger partial charge in [0.15, 0.2) is 0 Å². The van der Waals surface area contributed by atoms with Crippen molar-refractivity contribution in [1.29, 1.82) is 0 Å². The zero-order valence-electron chi connectivity index (χ0n) is 10.4. The average molecular weight is 211 g/mol. The Bertz CT molecular complexity index is 197. The lowest BCUT2D eigenvalue weighted by atomic mass is 9.86. The quantitative estimate of drug-likeness (QED) is 0.661. The largest absolute Gasteiger partial charge is 0.373 e. The topological polar surface area (TPSA) is 12.5 Å². The van der Waals surface area contributed by atoms with Crippen LogP contribution in [-0.2, 0) is 4.74 Å². The Kier molecular flexibility index (Phi) is 3.68. The Morgan fingerprint density at radius 3 is 2.27 bits per heavy atom. The molecule has 0 aromatic carbocycles. The van der Waals surface area contributed by atoms with Crippen LogP contribution in [-0.4, -0.2) is 36.2 Å². The maximum Gasteiger partial charge on any atom is 0.0678 e. The molecule has 0 N–H and O–H groups in total. The molecule has 2 heteroatoms. The Balaban J connectivity index is 1.91. The molecule has 88 valence electrons. The first-order chi connectivity index (χ1) is 7.15. The third kappa shape index (κ3) is 2.94. The molecule has 2 rings (SSSR count). The summed E-state index contributed by atoms with van der Waals surface area (Å²) >= 11 is 0. The van der Waals surface area contributed by atoms with Crippen molar-refractivity contribution in [3.05, 3.63) is 0 Å². The minimum atomic E-state index is 0.422. The van der Waals surface area contributed by atoms with Gasteiger partial charge in [0.05, 0.1) is 12.2 Å². The highest BCUT2D eigenvalue weighted by Crippen LogP contribution is 2.29. The van der Waals surface area contributed by atoms with Crippen LogP contribution < -0.4 is 0 Å². The maximum absolute atomic E-state index is 5.79. The summed E-state index contributed by atoms with van der Waals surface area (Å²) in [6, 6.07) is 0.836. The van der Waals surface area contributed by atoms with Gasteiger partial charge < -0.3 is 4.74 Å². The van der Waals surface area contributed by atoms with E-state index >= 15 is 0 Å². The predicted octanol–water partition coefficient (Wildman–Crippen LogP) is 2.67. The Labute approximate surface area is 94.0 Å². The van der Waals surface area contributed by atoms with E-state index in [0.717, 1.165) is 25.0 Å². The van der Waals surface area contributed by atoms with Crippen LogP contribution in [0.5, 0.6) is 0 Å². The second kappa shape index (κ2) is 4.84. The Hall–Kier alpha value is -0.0800. The van der Waals surface area contributed by atoms with Gasteiger partial charge in [-0.3, -0.25) is 4.90 Å². The average Bonchev–Trinajstić information content (AvgIpc) is 2.16. The molecule has 0 aromatic heterocycles. The van der Waals surface area contributed by atoms with Gasteiger partial charge >= 0.3 is 0 Å². The van der Waals surface area contributed by atoms with Crippen LogP contribution in [0.2, 0.25) is 0 Å². The predicted molar refractivity (Wildman–Crippen MR) is 63.0 cm³/mol. The molecule has 0 radical (unpaired) electrons. The van der Waals surface area contributed by atoms with Gasteiger partial charge in [-0.2, -0.15) is 0 Å². The van der Waals surface area contributed by atoms with Gasteiger partial charge in [-0.1, -0.05) is 19.8 Å². The van der Waals surface area contributed by atoms with E-state index in [1.165, 1.54) is 25.7 Å². The minimum Gasteiger partial charge on any atom is -0.373 e. The summed E-state index contributed by atoms with van der Waals surface area (Å²) in [4.78, 5) is 2.68. The lowest BCUT2D eigenvalue weighted by Crippen LogP contribution is -2.51. The SMILES string of the molecule is C[C@@H]1CCC[C@H](N2C[C@@H](C)O[C@H](C)C2)C1. The summed E-state index contributed by atoms with van der Waals surface area (Å²) in [5.41, 5.74) is 0. The number of hydrogen-bond acceptors (Lipinski definition) is 2. The molecule has 1 saturated carbocycles. The molecular weight excluding hydrogens is 186 g/mol. The van der Waals surface area contributed by atoms with Crippen LogP contribution in [0.4, 0.5) is 0 Å². The lowest BCUT2D eigenvalue weighted by Gasteiger charge is -2.42. The van der Waals surface area contributed by atoms with Gasteiger partial charge in [-0.05, 0) is 32.6 Å². The fourth-order valence-electron chi connectivity index (χ4n) is 3.25. The maximum atomic E-state index is 5.79. The summed E-state index contributed by atoms with van der Waals surface area (Å²) < 4.78 is 5.79. The van der Waals surface area contributed by atoms with E-state index in [1.54, 1.807) is 0 Å². The van der Waals surface area contributed by atoms with Gasteiger partial charge in [0.25, 0.3) is 0 Å². The highest BCUT2D eigenvalue weighted by Gasteiger charge is 2.30. The number of hydrogen-bond donors (Lipinski definition) is 0. The lowest BCUT2D eigenvalue weighted by molar-refractivity contribution is -0.0858. The van der Waals surface area contributed by atoms with Gasteiger partial charge in [0.1, 0.15) is 0 Å². The normalized spacial score (nSPS) is 44.2. The summed E-state index contributed by atoms with van der Waals surface area (Å²) in [5, 5.41) is 0. The molecule has 2 aliphatic rings. The fraction of sp³-hybridized carbons (Fsp3) is 1.00. The van der Waals surface area contributed by atoms with Crippen molar-refractivity contribution in [2.75, 3.05) is 13.1 Å².